The van der Waals surface area contributed by atoms with E-state index < -0.39 is 0 Å². The van der Waals surface area contributed by atoms with E-state index >= 15 is 0 Å². The molecule has 1 fully saturated rings. The van der Waals surface area contributed by atoms with Gasteiger partial charge in [-0.3, -0.25) is 0 Å². The fourth-order valence-electron chi connectivity index (χ4n) is 1.03. The van der Waals surface area contributed by atoms with Crippen LogP contribution >= 0.6 is 12.6 Å². The van der Waals surface area contributed by atoms with Gasteiger partial charge in [0.15, 0.2) is 0 Å². The molecule has 2 nitrogen and oxygen atoms in total. The van der Waals surface area contributed by atoms with E-state index in [4.69, 9.17) is 9.47 Å². The summed E-state index contributed by atoms with van der Waals surface area (Å²) in [6, 6.07) is 0. The van der Waals surface area contributed by atoms with Crippen LogP contribution < -0.4 is 0 Å². The third-order valence-corrected chi connectivity index (χ3v) is 1.80. The van der Waals surface area contributed by atoms with Gasteiger partial charge < -0.3 is 9.47 Å². The van der Waals surface area contributed by atoms with Crippen LogP contribution in [-0.2, 0) is 9.47 Å². The van der Waals surface area contributed by atoms with Crippen molar-refractivity contribution < 1.29 is 9.47 Å². The van der Waals surface area contributed by atoms with Crippen molar-refractivity contribution in [2.75, 3.05) is 32.2 Å². The van der Waals surface area contributed by atoms with Crippen molar-refractivity contribution in [3.8, 4) is 0 Å². The summed E-state index contributed by atoms with van der Waals surface area (Å²) in [5.74, 6) is 1.45. The van der Waals surface area contributed by atoms with E-state index in [0.29, 0.717) is 5.92 Å². The minimum absolute atomic E-state index is 0.639. The molecule has 1 aliphatic heterocycles. The number of rotatable bonds is 4. The smallest absolute Gasteiger partial charge is 0.0554 e. The van der Waals surface area contributed by atoms with Crippen molar-refractivity contribution in [2.24, 2.45) is 5.92 Å². The van der Waals surface area contributed by atoms with Crippen LogP contribution in [0.25, 0.3) is 0 Å². The van der Waals surface area contributed by atoms with Gasteiger partial charge in [0.25, 0.3) is 0 Å². The lowest BCUT2D eigenvalue weighted by Gasteiger charge is -2.06. The van der Waals surface area contributed by atoms with Crippen LogP contribution in [0.1, 0.15) is 6.42 Å². The zero-order valence-electron chi connectivity index (χ0n) is 6.08. The molecule has 0 spiro atoms. The van der Waals surface area contributed by atoms with E-state index in [9.17, 15) is 0 Å². The second-order valence-electron chi connectivity index (χ2n) is 2.53. The molecule has 0 aliphatic carbocycles. The second kappa shape index (κ2) is 4.99. The molecule has 0 N–H and O–H groups in total. The van der Waals surface area contributed by atoms with Gasteiger partial charge in [-0.05, 0) is 6.42 Å². The topological polar surface area (TPSA) is 18.5 Å². The second-order valence-corrected chi connectivity index (χ2v) is 2.98. The van der Waals surface area contributed by atoms with E-state index in [0.717, 1.165) is 38.6 Å². The summed E-state index contributed by atoms with van der Waals surface area (Å²) < 4.78 is 10.5. The molecule has 0 aromatic rings. The Labute approximate surface area is 67.3 Å². The maximum absolute atomic E-state index is 5.31. The Morgan fingerprint density at radius 3 is 3.10 bits per heavy atom. The summed E-state index contributed by atoms with van der Waals surface area (Å²) in [6.45, 7) is 3.40. The molecule has 0 saturated carbocycles. The van der Waals surface area contributed by atoms with Gasteiger partial charge in [-0.25, -0.2) is 0 Å². The van der Waals surface area contributed by atoms with Gasteiger partial charge in [0.2, 0.25) is 0 Å². The molecular formula is C7H14O2S. The van der Waals surface area contributed by atoms with E-state index in [1.165, 1.54) is 0 Å². The van der Waals surface area contributed by atoms with Crippen molar-refractivity contribution >= 4 is 12.6 Å². The van der Waals surface area contributed by atoms with Gasteiger partial charge in [-0.2, -0.15) is 12.6 Å². The quantitative estimate of drug-likeness (QED) is 0.490. The van der Waals surface area contributed by atoms with Crippen LogP contribution in [0.2, 0.25) is 0 Å². The van der Waals surface area contributed by atoms with Gasteiger partial charge >= 0.3 is 0 Å². The highest BCUT2D eigenvalue weighted by Crippen LogP contribution is 2.11. The molecule has 3 heteroatoms. The van der Waals surface area contributed by atoms with Crippen LogP contribution in [0.5, 0.6) is 0 Å². The van der Waals surface area contributed by atoms with Gasteiger partial charge in [0.05, 0.1) is 19.8 Å². The minimum atomic E-state index is 0.639. The molecule has 1 rings (SSSR count). The van der Waals surface area contributed by atoms with Crippen molar-refractivity contribution in [3.63, 3.8) is 0 Å². The molecule has 10 heavy (non-hydrogen) atoms. The normalized spacial score (nSPS) is 25.5. The summed E-state index contributed by atoms with van der Waals surface area (Å²) in [6.07, 6.45) is 1.16. The zero-order chi connectivity index (χ0) is 7.23. The summed E-state index contributed by atoms with van der Waals surface area (Å²) in [5, 5.41) is 0. The molecule has 1 atom stereocenters. The molecule has 0 aromatic heterocycles. The van der Waals surface area contributed by atoms with E-state index in [2.05, 4.69) is 12.6 Å². The summed E-state index contributed by atoms with van der Waals surface area (Å²) in [4.78, 5) is 0. The summed E-state index contributed by atoms with van der Waals surface area (Å²) >= 11 is 4.04. The van der Waals surface area contributed by atoms with Crippen molar-refractivity contribution in [3.05, 3.63) is 0 Å². The Morgan fingerprint density at radius 2 is 2.50 bits per heavy atom. The highest BCUT2D eigenvalue weighted by molar-refractivity contribution is 7.80. The highest BCUT2D eigenvalue weighted by atomic mass is 32.1. The fourth-order valence-corrected chi connectivity index (χ4v) is 1.16. The minimum Gasteiger partial charge on any atom is -0.381 e. The Morgan fingerprint density at radius 1 is 1.60 bits per heavy atom. The van der Waals surface area contributed by atoms with Crippen LogP contribution in [-0.4, -0.2) is 32.2 Å². The SMILES string of the molecule is SCCOCC1CCOC1. The Hall–Kier alpha value is 0.270. The molecule has 1 unspecified atom stereocenters. The Bertz CT molecular complexity index is 81.7. The molecule has 0 radical (unpaired) electrons. The first-order valence-corrected chi connectivity index (χ1v) is 4.33. The molecule has 60 valence electrons. The molecule has 0 bridgehead atoms. The monoisotopic (exact) mass is 162 g/mol. The van der Waals surface area contributed by atoms with Crippen molar-refractivity contribution in [1.29, 1.82) is 0 Å². The van der Waals surface area contributed by atoms with E-state index in [1.807, 2.05) is 0 Å². The average Bonchev–Trinajstić information content (AvgIpc) is 2.41. The van der Waals surface area contributed by atoms with Gasteiger partial charge in [-0.15, -0.1) is 0 Å². The Kier molecular flexibility index (Phi) is 4.18. The number of hydrogen-bond donors (Lipinski definition) is 1. The maximum atomic E-state index is 5.31. The predicted molar refractivity (Wildman–Crippen MR) is 43.6 cm³/mol. The van der Waals surface area contributed by atoms with Crippen LogP contribution in [0.4, 0.5) is 0 Å². The molecular weight excluding hydrogens is 148 g/mol. The lowest BCUT2D eigenvalue weighted by Crippen LogP contribution is -2.10. The van der Waals surface area contributed by atoms with Crippen LogP contribution in [0.3, 0.4) is 0 Å². The maximum Gasteiger partial charge on any atom is 0.0554 e. The number of thiol groups is 1. The average molecular weight is 162 g/mol. The first kappa shape index (κ1) is 8.37. The van der Waals surface area contributed by atoms with Crippen LogP contribution in [0, 0.1) is 5.92 Å². The van der Waals surface area contributed by atoms with Crippen molar-refractivity contribution in [1.82, 2.24) is 0 Å². The van der Waals surface area contributed by atoms with Gasteiger partial charge in [-0.1, -0.05) is 0 Å². The first-order valence-electron chi connectivity index (χ1n) is 3.70. The zero-order valence-corrected chi connectivity index (χ0v) is 6.98. The fraction of sp³-hybridized carbons (Fsp3) is 1.00. The van der Waals surface area contributed by atoms with Gasteiger partial charge in [0.1, 0.15) is 0 Å². The third kappa shape index (κ3) is 2.90. The molecule has 1 aliphatic rings. The molecule has 1 heterocycles. The third-order valence-electron chi connectivity index (χ3n) is 1.61. The van der Waals surface area contributed by atoms with Crippen molar-refractivity contribution in [2.45, 2.75) is 6.42 Å². The van der Waals surface area contributed by atoms with Crippen LogP contribution in [0.15, 0.2) is 0 Å². The number of hydrogen-bond acceptors (Lipinski definition) is 3. The predicted octanol–water partition coefficient (Wildman–Crippen LogP) is 0.969. The van der Waals surface area contributed by atoms with E-state index in [-0.39, 0.29) is 0 Å². The summed E-state index contributed by atoms with van der Waals surface area (Å²) in [7, 11) is 0. The first-order chi connectivity index (χ1) is 4.93. The molecule has 0 amide bonds. The summed E-state index contributed by atoms with van der Waals surface area (Å²) in [5.41, 5.74) is 0. The lowest BCUT2D eigenvalue weighted by molar-refractivity contribution is 0.101. The molecule has 1 saturated heterocycles. The lowest BCUT2D eigenvalue weighted by atomic mass is 10.1. The van der Waals surface area contributed by atoms with E-state index in [1.54, 1.807) is 0 Å². The largest absolute Gasteiger partial charge is 0.381 e. The number of ether oxygens (including phenoxy) is 2. The standard InChI is InChI=1S/C7H14O2S/c10-4-3-9-6-7-1-2-8-5-7/h7,10H,1-6H2. The highest BCUT2D eigenvalue weighted by Gasteiger charge is 2.14. The molecule has 0 aromatic carbocycles. The van der Waals surface area contributed by atoms with Gasteiger partial charge in [0, 0.05) is 18.3 Å². The Balaban J connectivity index is 1.91.